The summed E-state index contributed by atoms with van der Waals surface area (Å²) in [6, 6.07) is 11.6. The predicted molar refractivity (Wildman–Crippen MR) is 140 cm³/mol. The molecule has 0 aliphatic carbocycles. The number of fused-ring (bicyclic) bond motifs is 1. The zero-order valence-corrected chi connectivity index (χ0v) is 22.2. The van der Waals surface area contributed by atoms with Crippen LogP contribution in [0.15, 0.2) is 66.0 Å². The molecule has 9 nitrogen and oxygen atoms in total. The number of hydrogen-bond donors (Lipinski definition) is 1. The highest BCUT2D eigenvalue weighted by atomic mass is 32.2. The molecule has 0 unspecified atom stereocenters. The summed E-state index contributed by atoms with van der Waals surface area (Å²) < 4.78 is 34.0. The van der Waals surface area contributed by atoms with E-state index in [1.54, 1.807) is 60.7 Å². The number of ether oxygens (including phenoxy) is 1. The molecule has 1 aromatic carbocycles. The van der Waals surface area contributed by atoms with Crippen LogP contribution in [0.5, 0.6) is 5.88 Å². The molecule has 0 spiro atoms. The first-order valence-electron chi connectivity index (χ1n) is 12.1. The second-order valence-corrected chi connectivity index (χ2v) is 11.6. The van der Waals surface area contributed by atoms with Gasteiger partial charge in [-0.05, 0) is 49.7 Å². The number of rotatable bonds is 7. The van der Waals surface area contributed by atoms with Gasteiger partial charge in [0.05, 0.1) is 24.1 Å². The topological polar surface area (TPSA) is 113 Å². The number of pyridine rings is 2. The normalized spacial score (nSPS) is 19.1. The van der Waals surface area contributed by atoms with Gasteiger partial charge in [-0.15, -0.1) is 0 Å². The molecular weight excluding hydrogens is 492 g/mol. The highest BCUT2D eigenvalue weighted by molar-refractivity contribution is 7.89. The smallest absolute Gasteiger partial charge is 0.259 e. The molecule has 10 heteroatoms. The average Bonchev–Trinajstić information content (AvgIpc) is 2.90. The Balaban J connectivity index is 1.70. The fraction of sp³-hybridized carbons (Fsp3) is 0.370. The van der Waals surface area contributed by atoms with Gasteiger partial charge in [-0.3, -0.25) is 9.78 Å². The average molecular weight is 525 g/mol. The van der Waals surface area contributed by atoms with Gasteiger partial charge in [0.2, 0.25) is 15.9 Å². The van der Waals surface area contributed by atoms with E-state index in [1.807, 2.05) is 26.0 Å². The molecular formula is C27H32N4O5S. The quantitative estimate of drug-likeness (QED) is 0.506. The van der Waals surface area contributed by atoms with Crippen molar-refractivity contribution in [1.82, 2.24) is 19.2 Å². The number of amides is 1. The van der Waals surface area contributed by atoms with Gasteiger partial charge in [-0.1, -0.05) is 24.6 Å². The van der Waals surface area contributed by atoms with Crippen LogP contribution in [0.2, 0.25) is 0 Å². The summed E-state index contributed by atoms with van der Waals surface area (Å²) in [6.07, 6.45) is 4.35. The number of aliphatic hydroxyl groups excluding tert-OH is 1. The molecule has 3 aromatic rings. The van der Waals surface area contributed by atoms with Crippen LogP contribution in [0, 0.1) is 12.8 Å². The van der Waals surface area contributed by atoms with Gasteiger partial charge >= 0.3 is 0 Å². The second kappa shape index (κ2) is 11.0. The number of carbonyl (C=O) groups is 1. The zero-order chi connectivity index (χ0) is 26.7. The first-order chi connectivity index (χ1) is 17.6. The lowest BCUT2D eigenvalue weighted by molar-refractivity contribution is 0.0373. The Morgan fingerprint density at radius 2 is 1.84 bits per heavy atom. The standard InChI is InChI=1S/C27H32N4O5S/c1-18-5-7-23(8-6-18)37(34,35)30(4)16-25-19(2)15-31(20(3)17-32)27(33)24-13-22(14-29-26(24)36-25)21-9-11-28-12-10-21/h5-14,19-20,25,32H,15-17H2,1-4H3/t19-,20+,25-/m1/s1. The van der Waals surface area contributed by atoms with Gasteiger partial charge < -0.3 is 14.7 Å². The van der Waals surface area contributed by atoms with Crippen LogP contribution in [0.1, 0.15) is 29.8 Å². The third-order valence-electron chi connectivity index (χ3n) is 6.70. The molecule has 1 aliphatic rings. The molecule has 1 amide bonds. The van der Waals surface area contributed by atoms with Crippen LogP contribution in [0.3, 0.4) is 0 Å². The summed E-state index contributed by atoms with van der Waals surface area (Å²) in [5.74, 6) is -0.412. The summed E-state index contributed by atoms with van der Waals surface area (Å²) in [6.45, 7) is 5.70. The molecule has 0 radical (unpaired) electrons. The zero-order valence-electron chi connectivity index (χ0n) is 21.4. The fourth-order valence-electron chi connectivity index (χ4n) is 4.26. The van der Waals surface area contributed by atoms with Crippen LogP contribution < -0.4 is 4.74 Å². The Bertz CT molecular complexity index is 1350. The Morgan fingerprint density at radius 3 is 2.49 bits per heavy atom. The van der Waals surface area contributed by atoms with Crippen molar-refractivity contribution in [2.75, 3.05) is 26.7 Å². The van der Waals surface area contributed by atoms with E-state index in [0.29, 0.717) is 0 Å². The van der Waals surface area contributed by atoms with Crippen molar-refractivity contribution in [3.8, 4) is 17.0 Å². The third kappa shape index (κ3) is 5.66. The second-order valence-electron chi connectivity index (χ2n) is 9.53. The van der Waals surface area contributed by atoms with Crippen molar-refractivity contribution in [3.63, 3.8) is 0 Å². The highest BCUT2D eigenvalue weighted by Crippen LogP contribution is 2.30. The molecule has 1 N–H and O–H groups in total. The van der Waals surface area contributed by atoms with E-state index in [0.717, 1.165) is 16.7 Å². The molecule has 0 bridgehead atoms. The molecule has 0 fully saturated rings. The van der Waals surface area contributed by atoms with Crippen molar-refractivity contribution in [1.29, 1.82) is 0 Å². The maximum Gasteiger partial charge on any atom is 0.259 e. The lowest BCUT2D eigenvalue weighted by Gasteiger charge is -2.37. The van der Waals surface area contributed by atoms with E-state index >= 15 is 0 Å². The first kappa shape index (κ1) is 26.7. The van der Waals surface area contributed by atoms with Gasteiger partial charge in [-0.2, -0.15) is 4.31 Å². The number of aromatic nitrogens is 2. The Morgan fingerprint density at radius 1 is 1.16 bits per heavy atom. The number of carbonyl (C=O) groups excluding carboxylic acids is 1. The van der Waals surface area contributed by atoms with E-state index < -0.39 is 22.2 Å². The summed E-state index contributed by atoms with van der Waals surface area (Å²) >= 11 is 0. The van der Waals surface area contributed by atoms with Crippen molar-refractivity contribution in [2.45, 2.75) is 37.8 Å². The predicted octanol–water partition coefficient (Wildman–Crippen LogP) is 2.99. The van der Waals surface area contributed by atoms with Gasteiger partial charge in [0, 0.05) is 43.7 Å². The van der Waals surface area contributed by atoms with Crippen LogP contribution in [0.4, 0.5) is 0 Å². The maximum atomic E-state index is 13.6. The van der Waals surface area contributed by atoms with E-state index in [1.165, 1.54) is 11.4 Å². The minimum absolute atomic E-state index is 0.0557. The van der Waals surface area contributed by atoms with Crippen molar-refractivity contribution in [2.24, 2.45) is 5.92 Å². The fourth-order valence-corrected chi connectivity index (χ4v) is 5.45. The molecule has 4 rings (SSSR count). The van der Waals surface area contributed by atoms with Crippen molar-refractivity contribution >= 4 is 15.9 Å². The minimum Gasteiger partial charge on any atom is -0.472 e. The van der Waals surface area contributed by atoms with Gasteiger partial charge in [0.1, 0.15) is 11.7 Å². The van der Waals surface area contributed by atoms with Crippen LogP contribution >= 0.6 is 0 Å². The molecule has 3 heterocycles. The van der Waals surface area contributed by atoms with Crippen LogP contribution in [-0.4, -0.2) is 77.5 Å². The monoisotopic (exact) mass is 524 g/mol. The summed E-state index contributed by atoms with van der Waals surface area (Å²) in [4.78, 5) is 23.9. The number of benzene rings is 1. The molecule has 2 aromatic heterocycles. The van der Waals surface area contributed by atoms with Crippen LogP contribution in [-0.2, 0) is 10.0 Å². The molecule has 1 aliphatic heterocycles. The lowest BCUT2D eigenvalue weighted by atomic mass is 9.99. The van der Waals surface area contributed by atoms with Gasteiger partial charge in [0.25, 0.3) is 5.91 Å². The van der Waals surface area contributed by atoms with Crippen molar-refractivity contribution in [3.05, 3.63) is 72.2 Å². The largest absolute Gasteiger partial charge is 0.472 e. The number of nitrogens with zero attached hydrogens (tertiary/aromatic N) is 4. The molecule has 0 saturated carbocycles. The SMILES string of the molecule is Cc1ccc(S(=O)(=O)N(C)C[C@H]2Oc3ncc(-c4ccncc4)cc3C(=O)N([C@@H](C)CO)C[C@H]2C)cc1. The number of aryl methyl sites for hydroxylation is 1. The minimum atomic E-state index is -3.76. The van der Waals surface area contributed by atoms with E-state index in [9.17, 15) is 18.3 Å². The number of hydrogen-bond acceptors (Lipinski definition) is 7. The number of likely N-dealkylation sites (N-methyl/N-ethyl adjacent to an activating group) is 1. The molecule has 3 atom stereocenters. The third-order valence-corrected chi connectivity index (χ3v) is 8.54. The molecule has 0 saturated heterocycles. The summed E-state index contributed by atoms with van der Waals surface area (Å²) in [5.41, 5.74) is 2.79. The maximum absolute atomic E-state index is 13.6. The Kier molecular flexibility index (Phi) is 7.91. The Hall–Kier alpha value is -3.34. The van der Waals surface area contributed by atoms with E-state index in [-0.39, 0.29) is 47.9 Å². The van der Waals surface area contributed by atoms with Crippen LogP contribution in [0.25, 0.3) is 11.1 Å². The van der Waals surface area contributed by atoms with E-state index in [2.05, 4.69) is 9.97 Å². The number of sulfonamides is 1. The molecule has 37 heavy (non-hydrogen) atoms. The summed E-state index contributed by atoms with van der Waals surface area (Å²) in [7, 11) is -2.24. The summed E-state index contributed by atoms with van der Waals surface area (Å²) in [5, 5.41) is 9.86. The number of aliphatic hydroxyl groups is 1. The lowest BCUT2D eigenvalue weighted by Crippen LogP contribution is -2.50. The van der Waals surface area contributed by atoms with Gasteiger partial charge in [-0.25, -0.2) is 13.4 Å². The molecule has 196 valence electrons. The van der Waals surface area contributed by atoms with Crippen molar-refractivity contribution < 1.29 is 23.1 Å². The first-order valence-corrected chi connectivity index (χ1v) is 13.6. The highest BCUT2D eigenvalue weighted by Gasteiger charge is 2.36. The van der Waals surface area contributed by atoms with E-state index in [4.69, 9.17) is 4.74 Å². The Labute approximate surface area is 217 Å². The van der Waals surface area contributed by atoms with Gasteiger partial charge in [0.15, 0.2) is 0 Å².